The highest BCUT2D eigenvalue weighted by molar-refractivity contribution is 5.78. The maximum atomic E-state index is 5.86. The third-order valence-corrected chi connectivity index (χ3v) is 4.29. The molecule has 2 fully saturated rings. The van der Waals surface area contributed by atoms with Crippen LogP contribution in [0.5, 0.6) is 0 Å². The van der Waals surface area contributed by atoms with Gasteiger partial charge >= 0.3 is 0 Å². The Kier molecular flexibility index (Phi) is 5.18. The van der Waals surface area contributed by atoms with E-state index in [0.717, 1.165) is 19.6 Å². The monoisotopic (exact) mass is 316 g/mol. The van der Waals surface area contributed by atoms with Crippen LogP contribution in [0.3, 0.4) is 0 Å². The van der Waals surface area contributed by atoms with Crippen LogP contribution in [0.25, 0.3) is 0 Å². The molecular weight excluding hydrogens is 288 g/mol. The number of ether oxygens (including phenoxy) is 1. The number of nitrogens with zero attached hydrogens (tertiary/aromatic N) is 2. The number of nitrogens with two attached hydrogens (primary N) is 1. The molecular formula is C18H28N4O. The number of rotatable bonds is 5. The summed E-state index contributed by atoms with van der Waals surface area (Å²) in [6, 6.07) is 9.24. The van der Waals surface area contributed by atoms with E-state index in [9.17, 15) is 0 Å². The summed E-state index contributed by atoms with van der Waals surface area (Å²) < 4.78 is 5.79. The second kappa shape index (κ2) is 7.32. The SMILES string of the molecule is CC1CN(Cc2ccc(CN=C(N)NC3CC3)cc2)CC(C)O1. The molecule has 2 unspecified atom stereocenters. The summed E-state index contributed by atoms with van der Waals surface area (Å²) in [6.07, 6.45) is 3.05. The first-order valence-electron chi connectivity index (χ1n) is 8.60. The minimum Gasteiger partial charge on any atom is -0.373 e. The largest absolute Gasteiger partial charge is 0.373 e. The minimum atomic E-state index is 0.314. The van der Waals surface area contributed by atoms with Crippen molar-refractivity contribution in [3.05, 3.63) is 35.4 Å². The quantitative estimate of drug-likeness (QED) is 0.643. The lowest BCUT2D eigenvalue weighted by molar-refractivity contribution is -0.0704. The molecule has 1 saturated carbocycles. The number of guanidine groups is 1. The normalized spacial score (nSPS) is 26.3. The molecule has 23 heavy (non-hydrogen) atoms. The second-order valence-corrected chi connectivity index (χ2v) is 6.89. The van der Waals surface area contributed by atoms with E-state index in [2.05, 4.69) is 53.3 Å². The van der Waals surface area contributed by atoms with Crippen LogP contribution in [0.2, 0.25) is 0 Å². The standard InChI is InChI=1S/C18H28N4O/c1-13-10-22(11-14(2)23-13)12-16-5-3-15(4-6-16)9-20-18(19)21-17-7-8-17/h3-6,13-14,17H,7-12H2,1-2H3,(H3,19,20,21). The Labute approximate surface area is 138 Å². The highest BCUT2D eigenvalue weighted by Crippen LogP contribution is 2.18. The summed E-state index contributed by atoms with van der Waals surface area (Å²) in [5, 5.41) is 3.21. The summed E-state index contributed by atoms with van der Waals surface area (Å²) in [4.78, 5) is 6.86. The van der Waals surface area contributed by atoms with Crippen molar-refractivity contribution in [2.75, 3.05) is 13.1 Å². The Morgan fingerprint density at radius 2 is 1.78 bits per heavy atom. The van der Waals surface area contributed by atoms with E-state index in [1.54, 1.807) is 0 Å². The van der Waals surface area contributed by atoms with Crippen molar-refractivity contribution < 1.29 is 4.74 Å². The fourth-order valence-corrected chi connectivity index (χ4v) is 3.08. The minimum absolute atomic E-state index is 0.314. The van der Waals surface area contributed by atoms with Gasteiger partial charge in [-0.05, 0) is 37.8 Å². The molecule has 126 valence electrons. The fraction of sp³-hybridized carbons (Fsp3) is 0.611. The molecule has 2 atom stereocenters. The summed E-state index contributed by atoms with van der Waals surface area (Å²) in [7, 11) is 0. The molecule has 0 aromatic heterocycles. The van der Waals surface area contributed by atoms with Gasteiger partial charge in [-0.15, -0.1) is 0 Å². The zero-order chi connectivity index (χ0) is 16.2. The first kappa shape index (κ1) is 16.3. The van der Waals surface area contributed by atoms with Crippen molar-refractivity contribution >= 4 is 5.96 Å². The Hall–Kier alpha value is -1.59. The summed E-state index contributed by atoms with van der Waals surface area (Å²) in [5.74, 6) is 0.563. The molecule has 0 amide bonds. The second-order valence-electron chi connectivity index (χ2n) is 6.89. The van der Waals surface area contributed by atoms with E-state index in [4.69, 9.17) is 10.5 Å². The van der Waals surface area contributed by atoms with Crippen molar-refractivity contribution in [2.45, 2.75) is 58.0 Å². The molecule has 1 heterocycles. The Morgan fingerprint density at radius 1 is 1.17 bits per heavy atom. The molecule has 1 saturated heterocycles. The summed E-state index contributed by atoms with van der Waals surface area (Å²) in [6.45, 7) is 7.90. The van der Waals surface area contributed by atoms with Crippen LogP contribution in [-0.2, 0) is 17.8 Å². The van der Waals surface area contributed by atoms with Gasteiger partial charge in [-0.2, -0.15) is 0 Å². The van der Waals surface area contributed by atoms with Gasteiger partial charge in [0.1, 0.15) is 0 Å². The van der Waals surface area contributed by atoms with E-state index in [-0.39, 0.29) is 0 Å². The van der Waals surface area contributed by atoms with Crippen LogP contribution in [-0.4, -0.2) is 42.2 Å². The van der Waals surface area contributed by atoms with E-state index in [1.807, 2.05) is 0 Å². The molecule has 1 aromatic carbocycles. The van der Waals surface area contributed by atoms with E-state index in [1.165, 1.54) is 24.0 Å². The van der Waals surface area contributed by atoms with Crippen molar-refractivity contribution in [1.29, 1.82) is 0 Å². The van der Waals surface area contributed by atoms with Gasteiger partial charge in [0, 0.05) is 25.7 Å². The molecule has 2 aliphatic rings. The van der Waals surface area contributed by atoms with Gasteiger partial charge in [0.05, 0.1) is 18.8 Å². The third kappa shape index (κ3) is 5.22. The highest BCUT2D eigenvalue weighted by atomic mass is 16.5. The van der Waals surface area contributed by atoms with Crippen LogP contribution in [0, 0.1) is 0 Å². The van der Waals surface area contributed by atoms with Crippen LogP contribution in [0.15, 0.2) is 29.3 Å². The molecule has 3 rings (SSSR count). The van der Waals surface area contributed by atoms with Crippen LogP contribution >= 0.6 is 0 Å². The molecule has 0 bridgehead atoms. The van der Waals surface area contributed by atoms with Gasteiger partial charge in [-0.25, -0.2) is 4.99 Å². The lowest BCUT2D eigenvalue weighted by Crippen LogP contribution is -2.44. The summed E-state index contributed by atoms with van der Waals surface area (Å²) in [5.41, 5.74) is 8.39. The number of morpholine rings is 1. The van der Waals surface area contributed by atoms with Crippen LogP contribution in [0.4, 0.5) is 0 Å². The van der Waals surface area contributed by atoms with Crippen LogP contribution < -0.4 is 11.1 Å². The Balaban J connectivity index is 1.50. The van der Waals surface area contributed by atoms with Gasteiger partial charge in [0.25, 0.3) is 0 Å². The van der Waals surface area contributed by atoms with E-state index in [0.29, 0.717) is 30.8 Å². The zero-order valence-electron chi connectivity index (χ0n) is 14.2. The molecule has 5 heteroatoms. The van der Waals surface area contributed by atoms with Gasteiger partial charge in [0.2, 0.25) is 0 Å². The first-order chi connectivity index (χ1) is 11.1. The molecule has 0 spiro atoms. The first-order valence-corrected chi connectivity index (χ1v) is 8.60. The average Bonchev–Trinajstić information content (AvgIpc) is 3.29. The van der Waals surface area contributed by atoms with Gasteiger partial charge in [-0.1, -0.05) is 24.3 Å². The average molecular weight is 316 g/mol. The number of hydrogen-bond acceptors (Lipinski definition) is 3. The molecule has 1 aliphatic heterocycles. The highest BCUT2D eigenvalue weighted by Gasteiger charge is 2.22. The molecule has 1 aliphatic carbocycles. The summed E-state index contributed by atoms with van der Waals surface area (Å²) >= 11 is 0. The van der Waals surface area contributed by atoms with E-state index >= 15 is 0 Å². The van der Waals surface area contributed by atoms with Crippen LogP contribution in [0.1, 0.15) is 37.8 Å². The van der Waals surface area contributed by atoms with Crippen molar-refractivity contribution in [3.8, 4) is 0 Å². The maximum absolute atomic E-state index is 5.86. The lowest BCUT2D eigenvalue weighted by Gasteiger charge is -2.35. The van der Waals surface area contributed by atoms with Gasteiger partial charge in [-0.3, -0.25) is 4.90 Å². The van der Waals surface area contributed by atoms with Crippen molar-refractivity contribution in [1.82, 2.24) is 10.2 Å². The molecule has 0 radical (unpaired) electrons. The topological polar surface area (TPSA) is 62.9 Å². The lowest BCUT2D eigenvalue weighted by atomic mass is 10.1. The molecule has 1 aromatic rings. The van der Waals surface area contributed by atoms with Gasteiger partial charge in [0.15, 0.2) is 5.96 Å². The van der Waals surface area contributed by atoms with Gasteiger partial charge < -0.3 is 15.8 Å². The Bertz CT molecular complexity index is 528. The smallest absolute Gasteiger partial charge is 0.189 e. The zero-order valence-corrected chi connectivity index (χ0v) is 14.2. The number of hydrogen-bond donors (Lipinski definition) is 2. The van der Waals surface area contributed by atoms with Crippen molar-refractivity contribution in [3.63, 3.8) is 0 Å². The van der Waals surface area contributed by atoms with E-state index < -0.39 is 0 Å². The fourth-order valence-electron chi connectivity index (χ4n) is 3.08. The number of nitrogens with one attached hydrogen (secondary N) is 1. The molecule has 5 nitrogen and oxygen atoms in total. The third-order valence-electron chi connectivity index (χ3n) is 4.29. The Morgan fingerprint density at radius 3 is 2.39 bits per heavy atom. The molecule has 3 N–H and O–H groups in total. The maximum Gasteiger partial charge on any atom is 0.189 e. The predicted molar refractivity (Wildman–Crippen MR) is 93.2 cm³/mol. The predicted octanol–water partition coefficient (Wildman–Crippen LogP) is 1.86. The number of aliphatic imine (C=N–C) groups is 1. The number of benzene rings is 1. The van der Waals surface area contributed by atoms with Crippen molar-refractivity contribution in [2.24, 2.45) is 10.7 Å².